The van der Waals surface area contributed by atoms with Gasteiger partial charge in [-0.1, -0.05) is 37.9 Å². The first-order valence-electron chi connectivity index (χ1n) is 7.39. The van der Waals surface area contributed by atoms with E-state index in [4.69, 9.17) is 17.3 Å². The van der Waals surface area contributed by atoms with Crippen molar-refractivity contribution in [3.8, 4) is 11.3 Å². The van der Waals surface area contributed by atoms with Crippen molar-refractivity contribution in [1.82, 2.24) is 9.55 Å². The Morgan fingerprint density at radius 3 is 2.67 bits per heavy atom. The first-order chi connectivity index (χ1) is 10.1. The second kappa shape index (κ2) is 6.94. The highest BCUT2D eigenvalue weighted by molar-refractivity contribution is 6.33. The predicted molar refractivity (Wildman–Crippen MR) is 85.9 cm³/mol. The number of rotatable bonds is 6. The first kappa shape index (κ1) is 15.8. The van der Waals surface area contributed by atoms with E-state index in [1.54, 1.807) is 12.1 Å². The molecule has 0 aliphatic rings. The number of nitrogen functional groups attached to an aromatic ring is 1. The Morgan fingerprint density at radius 2 is 2.05 bits per heavy atom. The average Bonchev–Trinajstić information content (AvgIpc) is 2.74. The van der Waals surface area contributed by atoms with E-state index >= 15 is 0 Å². The van der Waals surface area contributed by atoms with Crippen molar-refractivity contribution < 1.29 is 4.39 Å². The summed E-state index contributed by atoms with van der Waals surface area (Å²) in [5.74, 6) is 1.01. The molecule has 1 aromatic heterocycles. The van der Waals surface area contributed by atoms with Crippen LogP contribution in [0, 0.1) is 5.82 Å². The number of unbranched alkanes of at least 4 members (excludes halogenated alkanes) is 1. The number of hydrogen-bond acceptors (Lipinski definition) is 2. The Hall–Kier alpha value is -1.55. The maximum absolute atomic E-state index is 14.1. The molecule has 2 N–H and O–H groups in total. The summed E-state index contributed by atoms with van der Waals surface area (Å²) in [5, 5.41) is 0.338. The van der Waals surface area contributed by atoms with Gasteiger partial charge in [-0.05, 0) is 25.0 Å². The summed E-state index contributed by atoms with van der Waals surface area (Å²) in [6, 6.07) is 4.62. The SMILES string of the molecule is CCCCn1c(CCC)nc(-c2c(F)cccc2Cl)c1N. The van der Waals surface area contributed by atoms with Crippen LogP contribution in [0.4, 0.5) is 10.2 Å². The summed E-state index contributed by atoms with van der Waals surface area (Å²) in [4.78, 5) is 4.56. The van der Waals surface area contributed by atoms with Crippen LogP contribution in [0.2, 0.25) is 5.02 Å². The second-order valence-electron chi connectivity index (χ2n) is 5.11. The predicted octanol–water partition coefficient (Wildman–Crippen LogP) is 4.68. The number of imidazole rings is 1. The molecule has 0 amide bonds. The molecule has 0 aliphatic carbocycles. The number of hydrogen-bond donors (Lipinski definition) is 1. The molecule has 1 aromatic carbocycles. The number of nitrogens with zero attached hydrogens (tertiary/aromatic N) is 2. The lowest BCUT2D eigenvalue weighted by molar-refractivity contribution is 0.604. The van der Waals surface area contributed by atoms with Gasteiger partial charge in [0.25, 0.3) is 0 Å². The van der Waals surface area contributed by atoms with Crippen LogP contribution >= 0.6 is 11.6 Å². The van der Waals surface area contributed by atoms with E-state index in [0.717, 1.165) is 38.1 Å². The van der Waals surface area contributed by atoms with E-state index < -0.39 is 5.82 Å². The second-order valence-corrected chi connectivity index (χ2v) is 5.52. The van der Waals surface area contributed by atoms with Crippen LogP contribution in [0.1, 0.15) is 38.9 Å². The highest BCUT2D eigenvalue weighted by Crippen LogP contribution is 2.34. The zero-order valence-corrected chi connectivity index (χ0v) is 13.3. The van der Waals surface area contributed by atoms with Crippen molar-refractivity contribution in [2.75, 3.05) is 5.73 Å². The zero-order chi connectivity index (χ0) is 15.4. The molecule has 0 aliphatic heterocycles. The van der Waals surface area contributed by atoms with Crippen LogP contribution < -0.4 is 5.73 Å². The molecule has 0 radical (unpaired) electrons. The number of benzene rings is 1. The third-order valence-corrected chi connectivity index (χ3v) is 3.81. The van der Waals surface area contributed by atoms with Crippen LogP contribution in [-0.2, 0) is 13.0 Å². The van der Waals surface area contributed by atoms with Crippen molar-refractivity contribution in [2.24, 2.45) is 0 Å². The number of anilines is 1. The van der Waals surface area contributed by atoms with Gasteiger partial charge in [-0.25, -0.2) is 9.37 Å². The summed E-state index contributed by atoms with van der Waals surface area (Å²) >= 11 is 6.13. The van der Waals surface area contributed by atoms with Crippen LogP contribution in [0.15, 0.2) is 18.2 Å². The van der Waals surface area contributed by atoms with Gasteiger partial charge in [0.2, 0.25) is 0 Å². The largest absolute Gasteiger partial charge is 0.383 e. The standard InChI is InChI=1S/C16H21ClFN3/c1-3-5-10-21-13(7-4-2)20-15(16(21)19)14-11(17)8-6-9-12(14)18/h6,8-9H,3-5,7,10,19H2,1-2H3. The van der Waals surface area contributed by atoms with E-state index in [2.05, 4.69) is 18.8 Å². The minimum absolute atomic E-state index is 0.296. The van der Waals surface area contributed by atoms with Gasteiger partial charge in [0.05, 0.1) is 10.6 Å². The molecule has 2 rings (SSSR count). The number of nitrogens with two attached hydrogens (primary N) is 1. The topological polar surface area (TPSA) is 43.8 Å². The zero-order valence-electron chi connectivity index (χ0n) is 12.5. The van der Waals surface area contributed by atoms with Crippen molar-refractivity contribution >= 4 is 17.4 Å². The van der Waals surface area contributed by atoms with E-state index in [1.807, 2.05) is 4.57 Å². The molecule has 1 heterocycles. The molecular formula is C16H21ClFN3. The van der Waals surface area contributed by atoms with Crippen LogP contribution in [0.5, 0.6) is 0 Å². The summed E-state index contributed by atoms with van der Waals surface area (Å²) < 4.78 is 16.1. The Kier molecular flexibility index (Phi) is 5.23. The lowest BCUT2D eigenvalue weighted by Crippen LogP contribution is -2.07. The lowest BCUT2D eigenvalue weighted by atomic mass is 10.1. The Labute approximate surface area is 129 Å². The third kappa shape index (κ3) is 3.21. The van der Waals surface area contributed by atoms with Crippen molar-refractivity contribution in [3.05, 3.63) is 34.9 Å². The lowest BCUT2D eigenvalue weighted by Gasteiger charge is -2.09. The van der Waals surface area contributed by atoms with E-state index in [0.29, 0.717) is 22.1 Å². The molecular weight excluding hydrogens is 289 g/mol. The summed E-state index contributed by atoms with van der Waals surface area (Å²) in [6.07, 6.45) is 3.87. The van der Waals surface area contributed by atoms with Gasteiger partial charge in [-0.2, -0.15) is 0 Å². The average molecular weight is 310 g/mol. The van der Waals surface area contributed by atoms with Crippen LogP contribution in [0.3, 0.4) is 0 Å². The molecule has 0 unspecified atom stereocenters. The van der Waals surface area contributed by atoms with E-state index in [1.165, 1.54) is 6.07 Å². The number of halogens is 2. The molecule has 0 spiro atoms. The molecule has 3 nitrogen and oxygen atoms in total. The normalized spacial score (nSPS) is 11.0. The molecule has 21 heavy (non-hydrogen) atoms. The molecule has 0 fully saturated rings. The van der Waals surface area contributed by atoms with Crippen molar-refractivity contribution in [3.63, 3.8) is 0 Å². The van der Waals surface area contributed by atoms with Gasteiger partial charge < -0.3 is 10.3 Å². The molecule has 0 bridgehead atoms. The summed E-state index contributed by atoms with van der Waals surface area (Å²) in [6.45, 7) is 5.02. The molecule has 0 saturated heterocycles. The molecule has 0 atom stereocenters. The monoisotopic (exact) mass is 309 g/mol. The Bertz CT molecular complexity index is 602. The highest BCUT2D eigenvalue weighted by Gasteiger charge is 2.20. The van der Waals surface area contributed by atoms with Crippen LogP contribution in [0.25, 0.3) is 11.3 Å². The fourth-order valence-electron chi connectivity index (χ4n) is 2.40. The smallest absolute Gasteiger partial charge is 0.134 e. The fraction of sp³-hybridized carbons (Fsp3) is 0.438. The first-order valence-corrected chi connectivity index (χ1v) is 7.77. The summed E-state index contributed by atoms with van der Waals surface area (Å²) in [5.41, 5.74) is 6.97. The maximum Gasteiger partial charge on any atom is 0.134 e. The summed E-state index contributed by atoms with van der Waals surface area (Å²) in [7, 11) is 0. The van der Waals surface area contributed by atoms with Gasteiger partial charge in [0.15, 0.2) is 0 Å². The van der Waals surface area contributed by atoms with Crippen LogP contribution in [-0.4, -0.2) is 9.55 Å². The Morgan fingerprint density at radius 1 is 1.29 bits per heavy atom. The molecule has 114 valence electrons. The molecule has 2 aromatic rings. The van der Waals surface area contributed by atoms with E-state index in [9.17, 15) is 4.39 Å². The number of aryl methyl sites for hydroxylation is 1. The third-order valence-electron chi connectivity index (χ3n) is 3.49. The van der Waals surface area contributed by atoms with Crippen molar-refractivity contribution in [1.29, 1.82) is 0 Å². The van der Waals surface area contributed by atoms with Gasteiger partial charge in [0.1, 0.15) is 23.2 Å². The Balaban J connectivity index is 2.54. The minimum Gasteiger partial charge on any atom is -0.383 e. The highest BCUT2D eigenvalue weighted by atomic mass is 35.5. The fourth-order valence-corrected chi connectivity index (χ4v) is 2.65. The molecule has 0 saturated carbocycles. The van der Waals surface area contributed by atoms with Gasteiger partial charge in [0, 0.05) is 13.0 Å². The van der Waals surface area contributed by atoms with Crippen molar-refractivity contribution in [2.45, 2.75) is 46.1 Å². The van der Waals surface area contributed by atoms with Gasteiger partial charge in [-0.15, -0.1) is 0 Å². The van der Waals surface area contributed by atoms with E-state index in [-0.39, 0.29) is 0 Å². The number of aromatic nitrogens is 2. The quantitative estimate of drug-likeness (QED) is 0.842. The maximum atomic E-state index is 14.1. The minimum atomic E-state index is -0.391. The van der Waals surface area contributed by atoms with Gasteiger partial charge >= 0.3 is 0 Å². The van der Waals surface area contributed by atoms with Gasteiger partial charge in [-0.3, -0.25) is 0 Å². The molecule has 5 heteroatoms.